The van der Waals surface area contributed by atoms with Crippen LogP contribution in [0.1, 0.15) is 0 Å². The number of amides is 1. The maximum atomic E-state index is 11.7. The Morgan fingerprint density at radius 3 is 3.12 bits per heavy atom. The molecule has 0 spiro atoms. The van der Waals surface area contributed by atoms with Gasteiger partial charge in [-0.2, -0.15) is 11.8 Å². The van der Waals surface area contributed by atoms with Crippen LogP contribution in [-0.2, 0) is 4.79 Å². The first kappa shape index (κ1) is 11.1. The van der Waals surface area contributed by atoms with Gasteiger partial charge >= 0.3 is 0 Å². The predicted octanol–water partition coefficient (Wildman–Crippen LogP) is 1.36. The van der Waals surface area contributed by atoms with E-state index in [4.69, 9.17) is 10.5 Å². The van der Waals surface area contributed by atoms with Crippen LogP contribution in [0.5, 0.6) is 5.75 Å². The van der Waals surface area contributed by atoms with Gasteiger partial charge < -0.3 is 15.4 Å². The first-order valence-electron chi connectivity index (χ1n) is 5.04. The molecule has 16 heavy (non-hydrogen) atoms. The number of fused-ring (bicyclic) bond motifs is 1. The summed E-state index contributed by atoms with van der Waals surface area (Å²) >= 11 is 1.72. The topological polar surface area (TPSA) is 55.6 Å². The third-order valence-electron chi connectivity index (χ3n) is 2.45. The van der Waals surface area contributed by atoms with Gasteiger partial charge in [0.2, 0.25) is 0 Å². The summed E-state index contributed by atoms with van der Waals surface area (Å²) in [5.41, 5.74) is 7.14. The van der Waals surface area contributed by atoms with Gasteiger partial charge in [0, 0.05) is 24.1 Å². The second-order valence-electron chi connectivity index (χ2n) is 3.55. The molecule has 0 saturated carbocycles. The highest BCUT2D eigenvalue weighted by Gasteiger charge is 2.24. The van der Waals surface area contributed by atoms with E-state index in [2.05, 4.69) is 0 Å². The number of nitrogens with zero attached hydrogens (tertiary/aromatic N) is 1. The largest absolute Gasteiger partial charge is 0.481 e. The van der Waals surface area contributed by atoms with Gasteiger partial charge in [0.1, 0.15) is 5.75 Å². The number of benzene rings is 1. The molecule has 0 atom stereocenters. The summed E-state index contributed by atoms with van der Waals surface area (Å²) in [6, 6.07) is 5.38. The maximum Gasteiger partial charge on any atom is 0.265 e. The fraction of sp³-hybridized carbons (Fsp3) is 0.364. The number of hydrogen-bond donors (Lipinski definition) is 1. The Balaban J connectivity index is 2.29. The van der Waals surface area contributed by atoms with Crippen LogP contribution >= 0.6 is 11.8 Å². The summed E-state index contributed by atoms with van der Waals surface area (Å²) in [6.07, 6.45) is 2.02. The lowest BCUT2D eigenvalue weighted by Gasteiger charge is -2.29. The average Bonchev–Trinajstić information content (AvgIpc) is 2.28. The van der Waals surface area contributed by atoms with E-state index in [0.29, 0.717) is 18.0 Å². The summed E-state index contributed by atoms with van der Waals surface area (Å²) in [7, 11) is 0. The molecule has 0 aromatic heterocycles. The fourth-order valence-corrected chi connectivity index (χ4v) is 2.01. The number of carbonyl (C=O) groups is 1. The quantitative estimate of drug-likeness (QED) is 0.808. The molecular weight excluding hydrogens is 224 g/mol. The smallest absolute Gasteiger partial charge is 0.265 e. The fourth-order valence-electron chi connectivity index (χ4n) is 1.65. The van der Waals surface area contributed by atoms with Gasteiger partial charge in [-0.15, -0.1) is 0 Å². The van der Waals surface area contributed by atoms with Crippen molar-refractivity contribution in [2.45, 2.75) is 0 Å². The summed E-state index contributed by atoms with van der Waals surface area (Å²) in [5, 5.41) is 0. The van der Waals surface area contributed by atoms with E-state index in [9.17, 15) is 4.79 Å². The summed E-state index contributed by atoms with van der Waals surface area (Å²) < 4.78 is 5.35. The lowest BCUT2D eigenvalue weighted by atomic mass is 10.2. The minimum atomic E-state index is 0.00585. The van der Waals surface area contributed by atoms with Gasteiger partial charge in [-0.25, -0.2) is 0 Å². The molecule has 1 aliphatic heterocycles. The normalized spacial score (nSPS) is 14.6. The molecule has 2 N–H and O–H groups in total. The number of nitrogens with two attached hydrogens (primary N) is 1. The number of anilines is 2. The van der Waals surface area contributed by atoms with Crippen LogP contribution in [0.15, 0.2) is 18.2 Å². The number of ether oxygens (including phenoxy) is 1. The van der Waals surface area contributed by atoms with Crippen molar-refractivity contribution in [3.05, 3.63) is 18.2 Å². The number of thioether (sulfide) groups is 1. The van der Waals surface area contributed by atoms with Gasteiger partial charge in [0.15, 0.2) is 6.61 Å². The van der Waals surface area contributed by atoms with Gasteiger partial charge in [0.05, 0.1) is 5.69 Å². The van der Waals surface area contributed by atoms with Crippen LogP contribution in [0.2, 0.25) is 0 Å². The minimum Gasteiger partial charge on any atom is -0.481 e. The third-order valence-corrected chi connectivity index (χ3v) is 3.04. The van der Waals surface area contributed by atoms with Gasteiger partial charge in [-0.1, -0.05) is 0 Å². The van der Waals surface area contributed by atoms with Crippen molar-refractivity contribution >= 4 is 29.0 Å². The van der Waals surface area contributed by atoms with E-state index >= 15 is 0 Å². The lowest BCUT2D eigenvalue weighted by molar-refractivity contribution is -0.121. The maximum absolute atomic E-state index is 11.7. The monoisotopic (exact) mass is 238 g/mol. The highest BCUT2D eigenvalue weighted by molar-refractivity contribution is 7.98. The SMILES string of the molecule is CSCCN1C(=O)COc2cc(N)ccc21. The first-order valence-corrected chi connectivity index (χ1v) is 6.43. The van der Waals surface area contributed by atoms with Crippen LogP contribution in [0, 0.1) is 0 Å². The highest BCUT2D eigenvalue weighted by Crippen LogP contribution is 2.33. The zero-order valence-electron chi connectivity index (χ0n) is 9.10. The number of nitrogen functional groups attached to an aromatic ring is 1. The Morgan fingerprint density at radius 1 is 1.56 bits per heavy atom. The second-order valence-corrected chi connectivity index (χ2v) is 4.54. The third kappa shape index (κ3) is 2.09. The van der Waals surface area contributed by atoms with E-state index in [1.165, 1.54) is 0 Å². The van der Waals surface area contributed by atoms with Crippen LogP contribution < -0.4 is 15.4 Å². The molecular formula is C11H14N2O2S. The number of rotatable bonds is 3. The molecule has 4 nitrogen and oxygen atoms in total. The van der Waals surface area contributed by atoms with E-state index in [1.54, 1.807) is 28.8 Å². The van der Waals surface area contributed by atoms with Crippen LogP contribution in [0.4, 0.5) is 11.4 Å². The van der Waals surface area contributed by atoms with E-state index < -0.39 is 0 Å². The molecule has 0 unspecified atom stereocenters. The van der Waals surface area contributed by atoms with Crippen molar-refractivity contribution in [2.24, 2.45) is 0 Å². The van der Waals surface area contributed by atoms with Crippen LogP contribution in [0.25, 0.3) is 0 Å². The van der Waals surface area contributed by atoms with Gasteiger partial charge in [0.25, 0.3) is 5.91 Å². The molecule has 0 fully saturated rings. The second kappa shape index (κ2) is 4.65. The van der Waals surface area contributed by atoms with Crippen molar-refractivity contribution in [3.8, 4) is 5.75 Å². The molecule has 0 saturated heterocycles. The summed E-state index contributed by atoms with van der Waals surface area (Å²) in [4.78, 5) is 13.5. The van der Waals surface area contributed by atoms with E-state index in [1.807, 2.05) is 12.3 Å². The Labute approximate surface area is 98.7 Å². The average molecular weight is 238 g/mol. The standard InChI is InChI=1S/C11H14N2O2S/c1-16-5-4-13-9-3-2-8(12)6-10(9)15-7-11(13)14/h2-3,6H,4-5,7,12H2,1H3. The van der Waals surface area contributed by atoms with Crippen LogP contribution in [0.3, 0.4) is 0 Å². The Morgan fingerprint density at radius 2 is 2.38 bits per heavy atom. The Kier molecular flexibility index (Phi) is 3.24. The van der Waals surface area contributed by atoms with Crippen LogP contribution in [-0.4, -0.2) is 31.1 Å². The zero-order valence-corrected chi connectivity index (χ0v) is 9.92. The molecule has 1 heterocycles. The molecule has 1 aromatic carbocycles. The molecule has 2 rings (SSSR count). The first-order chi connectivity index (χ1) is 7.72. The summed E-state index contributed by atoms with van der Waals surface area (Å²) in [6.45, 7) is 0.811. The molecule has 5 heteroatoms. The molecule has 1 aromatic rings. The minimum absolute atomic E-state index is 0.00585. The Hall–Kier alpha value is -1.36. The number of carbonyl (C=O) groups excluding carboxylic acids is 1. The Bertz CT molecular complexity index is 409. The molecule has 1 aliphatic rings. The van der Waals surface area contributed by atoms with Crippen molar-refractivity contribution in [3.63, 3.8) is 0 Å². The van der Waals surface area contributed by atoms with Gasteiger partial charge in [-0.3, -0.25) is 4.79 Å². The highest BCUT2D eigenvalue weighted by atomic mass is 32.2. The molecule has 0 radical (unpaired) electrons. The molecule has 0 bridgehead atoms. The molecule has 0 aliphatic carbocycles. The van der Waals surface area contributed by atoms with Crippen molar-refractivity contribution in [1.82, 2.24) is 0 Å². The molecule has 86 valence electrons. The van der Waals surface area contributed by atoms with E-state index in [-0.39, 0.29) is 12.5 Å². The molecule has 1 amide bonds. The summed E-state index contributed by atoms with van der Waals surface area (Å²) in [5.74, 6) is 1.61. The van der Waals surface area contributed by atoms with Gasteiger partial charge in [-0.05, 0) is 18.4 Å². The predicted molar refractivity (Wildman–Crippen MR) is 67.1 cm³/mol. The van der Waals surface area contributed by atoms with Crippen molar-refractivity contribution in [1.29, 1.82) is 0 Å². The van der Waals surface area contributed by atoms with Crippen molar-refractivity contribution < 1.29 is 9.53 Å². The lowest BCUT2D eigenvalue weighted by Crippen LogP contribution is -2.40. The van der Waals surface area contributed by atoms with E-state index in [0.717, 1.165) is 11.4 Å². The van der Waals surface area contributed by atoms with Crippen molar-refractivity contribution in [2.75, 3.05) is 35.8 Å². The number of hydrogen-bond acceptors (Lipinski definition) is 4. The zero-order chi connectivity index (χ0) is 11.5.